The number of aromatic nitrogens is 3. The van der Waals surface area contributed by atoms with Gasteiger partial charge in [0.15, 0.2) is 11.6 Å². The lowest BCUT2D eigenvalue weighted by Crippen LogP contribution is -2.41. The highest BCUT2D eigenvalue weighted by atomic mass is 127. The Bertz CT molecular complexity index is 3500. The van der Waals surface area contributed by atoms with Crippen LogP contribution in [-0.2, 0) is 0 Å². The van der Waals surface area contributed by atoms with Crippen molar-refractivity contribution >= 4 is 67.1 Å². The number of nitrogens with zero attached hydrogens (tertiary/aromatic N) is 3. The lowest BCUT2D eigenvalue weighted by atomic mass is 9.62. The molecule has 12 rings (SSSR count). The van der Waals surface area contributed by atoms with Crippen molar-refractivity contribution in [1.29, 1.82) is 0 Å². The first-order chi connectivity index (χ1) is 31.4. The zero-order chi connectivity index (χ0) is 43.1. The summed E-state index contributed by atoms with van der Waals surface area (Å²) >= 11 is 2.10. The number of allylic oxidation sites excluding steroid dienone is 14. The number of hydrogen-bond acceptors (Lipinski definition) is 1. The molecule has 312 valence electrons. The van der Waals surface area contributed by atoms with Crippen LogP contribution in [0.5, 0.6) is 0 Å². The molecule has 0 aliphatic heterocycles. The topological polar surface area (TPSA) is 22.8 Å². The summed E-state index contributed by atoms with van der Waals surface area (Å²) in [5.74, 6) is -0.302. The molecule has 64 heavy (non-hydrogen) atoms. The van der Waals surface area contributed by atoms with Crippen molar-refractivity contribution in [2.24, 2.45) is 17.8 Å². The van der Waals surface area contributed by atoms with Crippen molar-refractivity contribution in [2.45, 2.75) is 32.1 Å². The maximum Gasteiger partial charge on any atom is 0.168 e. The van der Waals surface area contributed by atoms with Gasteiger partial charge in [0, 0.05) is 33.8 Å². The lowest BCUT2D eigenvalue weighted by Gasteiger charge is -2.42. The molecule has 2 heterocycles. The molecule has 3 atom stereocenters. The van der Waals surface area contributed by atoms with Crippen molar-refractivity contribution in [3.8, 4) is 22.6 Å². The molecular formula is C57H41F3IN3. The highest BCUT2D eigenvalue weighted by Gasteiger charge is 2.39. The lowest BCUT2D eigenvalue weighted by molar-refractivity contribution is 0.406. The molecule has 5 aliphatic rings. The maximum atomic E-state index is 15.3. The van der Waals surface area contributed by atoms with Gasteiger partial charge in [-0.2, -0.15) is 0 Å². The largest absolute Gasteiger partial charge is 0.313 e. The molecule has 2 aromatic heterocycles. The van der Waals surface area contributed by atoms with E-state index in [0.29, 0.717) is 21.1 Å². The first-order valence-electron chi connectivity index (χ1n) is 22.1. The molecule has 0 fully saturated rings. The molecule has 0 saturated heterocycles. The van der Waals surface area contributed by atoms with Crippen LogP contribution in [0.2, 0.25) is 0 Å². The summed E-state index contributed by atoms with van der Waals surface area (Å²) < 4.78 is 49.7. The van der Waals surface area contributed by atoms with E-state index in [1.165, 1.54) is 50.4 Å². The Morgan fingerprint density at radius 1 is 0.609 bits per heavy atom. The van der Waals surface area contributed by atoms with Crippen molar-refractivity contribution in [1.82, 2.24) is 14.1 Å². The van der Waals surface area contributed by atoms with Crippen LogP contribution >= 0.6 is 22.6 Å². The normalized spacial score (nSPS) is 20.3. The number of rotatable bonds is 6. The van der Waals surface area contributed by atoms with Crippen molar-refractivity contribution < 1.29 is 13.2 Å². The molecule has 0 bridgehead atoms. The molecule has 0 amide bonds. The van der Waals surface area contributed by atoms with Crippen LogP contribution in [0.1, 0.15) is 32.1 Å². The van der Waals surface area contributed by atoms with Gasteiger partial charge in [0.1, 0.15) is 11.6 Å². The summed E-state index contributed by atoms with van der Waals surface area (Å²) in [6, 6.07) is 36.8. The van der Waals surface area contributed by atoms with Gasteiger partial charge in [-0.15, -0.1) is 0 Å². The average Bonchev–Trinajstić information content (AvgIpc) is 3.92. The number of halogens is 4. The summed E-state index contributed by atoms with van der Waals surface area (Å²) in [4.78, 5) is 5.04. The number of hydrogen-bond donors (Lipinski definition) is 0. The minimum Gasteiger partial charge on any atom is -0.313 e. The Kier molecular flexibility index (Phi) is 9.59. The van der Waals surface area contributed by atoms with Gasteiger partial charge in [-0.05, 0) is 166 Å². The predicted molar refractivity (Wildman–Crippen MR) is 262 cm³/mol. The first kappa shape index (κ1) is 39.2. The standard InChI is InChI=1S/C57H41F3IN3/c58-49-18-9-16-43(55(49)60)54-31-36-11-1-7-21-52(36)63(54)37-27-23-34(24-28-37)45-32-47-42-15-5-3-13-40(42)46(33-48(47)41-14-4-2-12-39(41)45)35-25-29-38(30-26-35)64-53-22-8-6-20-51(53)62-57(64)44-17-10-19-50(59)56(44)61/h1-23,25,27,29,31-32,39,41,48H,24,26,28,30,33H2. The summed E-state index contributed by atoms with van der Waals surface area (Å²) in [5.41, 5.74) is 13.7. The van der Waals surface area contributed by atoms with Crippen LogP contribution < -0.4 is 10.4 Å². The fourth-order valence-electron chi connectivity index (χ4n) is 11.0. The van der Waals surface area contributed by atoms with Crippen LogP contribution in [0, 0.1) is 38.8 Å². The van der Waals surface area contributed by atoms with Gasteiger partial charge < -0.3 is 4.57 Å². The second-order valence-electron chi connectivity index (χ2n) is 17.3. The van der Waals surface area contributed by atoms with E-state index in [2.05, 4.69) is 123 Å². The predicted octanol–water partition coefficient (Wildman–Crippen LogP) is 13.5. The van der Waals surface area contributed by atoms with E-state index in [1.54, 1.807) is 18.2 Å². The quantitative estimate of drug-likeness (QED) is 0.152. The number of fused-ring (bicyclic) bond motifs is 6. The van der Waals surface area contributed by atoms with E-state index in [1.807, 2.05) is 48.5 Å². The highest BCUT2D eigenvalue weighted by Crippen LogP contribution is 2.50. The van der Waals surface area contributed by atoms with Gasteiger partial charge in [0.2, 0.25) is 0 Å². The number of benzene rings is 5. The SMILES string of the molecule is Fc1cccc(-c2cc3ccccc3n2C2=CC=C(C3=CC4=c5ccccc5=C(C5=CC=C(n6c(-c7cccc(F)c7I)nc7ccccc76)CC5)CC4C4C=CC=CC34)CC2)c1F. The van der Waals surface area contributed by atoms with Gasteiger partial charge in [0.25, 0.3) is 0 Å². The maximum absolute atomic E-state index is 15.3. The molecule has 0 radical (unpaired) electrons. The van der Waals surface area contributed by atoms with E-state index in [4.69, 9.17) is 4.98 Å². The van der Waals surface area contributed by atoms with Crippen LogP contribution in [0.4, 0.5) is 13.2 Å². The second kappa shape index (κ2) is 15.7. The number of imidazole rings is 1. The highest BCUT2D eigenvalue weighted by molar-refractivity contribution is 14.1. The van der Waals surface area contributed by atoms with E-state index in [0.717, 1.165) is 76.8 Å². The van der Waals surface area contributed by atoms with Gasteiger partial charge >= 0.3 is 0 Å². The van der Waals surface area contributed by atoms with Gasteiger partial charge in [-0.1, -0.05) is 109 Å². The Morgan fingerprint density at radius 2 is 1.30 bits per heavy atom. The Hall–Kier alpha value is -6.45. The Morgan fingerprint density at radius 3 is 2.11 bits per heavy atom. The minimum absolute atomic E-state index is 0.237. The van der Waals surface area contributed by atoms with Crippen LogP contribution in [0.3, 0.4) is 0 Å². The van der Waals surface area contributed by atoms with E-state index < -0.39 is 11.6 Å². The van der Waals surface area contributed by atoms with Gasteiger partial charge in [0.05, 0.1) is 25.8 Å². The van der Waals surface area contributed by atoms with Gasteiger partial charge in [-0.3, -0.25) is 4.57 Å². The molecule has 7 aromatic rings. The smallest absolute Gasteiger partial charge is 0.168 e. The second-order valence-corrected chi connectivity index (χ2v) is 18.4. The molecule has 0 saturated carbocycles. The summed E-state index contributed by atoms with van der Waals surface area (Å²) in [6.45, 7) is 0. The molecule has 0 N–H and O–H groups in total. The summed E-state index contributed by atoms with van der Waals surface area (Å²) in [7, 11) is 0. The number of para-hydroxylation sites is 3. The van der Waals surface area contributed by atoms with Crippen molar-refractivity contribution in [3.05, 3.63) is 218 Å². The third-order valence-corrected chi connectivity index (χ3v) is 15.1. The fourth-order valence-corrected chi connectivity index (χ4v) is 11.6. The fraction of sp³-hybridized carbons (Fsp3) is 0.140. The van der Waals surface area contributed by atoms with Crippen molar-refractivity contribution in [3.63, 3.8) is 0 Å². The third-order valence-electron chi connectivity index (χ3n) is 14.0. The van der Waals surface area contributed by atoms with Crippen LogP contribution in [0.25, 0.3) is 67.1 Å². The minimum atomic E-state index is -0.847. The zero-order valence-corrected chi connectivity index (χ0v) is 36.9. The average molecular weight is 952 g/mol. The molecule has 0 spiro atoms. The monoisotopic (exact) mass is 951 g/mol. The van der Waals surface area contributed by atoms with Gasteiger partial charge in [-0.25, -0.2) is 18.2 Å². The Balaban J connectivity index is 0.955. The van der Waals surface area contributed by atoms with E-state index in [9.17, 15) is 8.78 Å². The molecule has 3 unspecified atom stereocenters. The van der Waals surface area contributed by atoms with E-state index >= 15 is 4.39 Å². The summed E-state index contributed by atoms with van der Waals surface area (Å²) in [6.07, 6.45) is 25.0. The molecule has 5 aromatic carbocycles. The zero-order valence-electron chi connectivity index (χ0n) is 34.8. The molecular weight excluding hydrogens is 911 g/mol. The van der Waals surface area contributed by atoms with Crippen molar-refractivity contribution in [2.75, 3.05) is 0 Å². The van der Waals surface area contributed by atoms with Crippen LogP contribution in [-0.4, -0.2) is 14.1 Å². The first-order valence-corrected chi connectivity index (χ1v) is 23.2. The Labute approximate surface area is 382 Å². The molecule has 3 nitrogen and oxygen atoms in total. The van der Waals surface area contributed by atoms with E-state index in [-0.39, 0.29) is 17.3 Å². The molecule has 5 aliphatic carbocycles. The molecule has 7 heteroatoms. The van der Waals surface area contributed by atoms with Crippen LogP contribution in [0.15, 0.2) is 187 Å². The third kappa shape index (κ3) is 6.33. The summed E-state index contributed by atoms with van der Waals surface area (Å²) in [5, 5.41) is 3.60.